The zero-order chi connectivity index (χ0) is 13.4. The number of nitrogens with zero attached hydrogens (tertiary/aromatic N) is 1. The number of carboxylic acids is 1. The van der Waals surface area contributed by atoms with Crippen molar-refractivity contribution < 1.29 is 9.90 Å². The number of carboxylic acid groups (broad SMARTS) is 1. The van der Waals surface area contributed by atoms with Crippen LogP contribution < -0.4 is 0 Å². The second-order valence-electron chi connectivity index (χ2n) is 4.04. The lowest BCUT2D eigenvalue weighted by atomic mass is 10.1. The summed E-state index contributed by atoms with van der Waals surface area (Å²) in [6, 6.07) is 6.77. The summed E-state index contributed by atoms with van der Waals surface area (Å²) in [4.78, 5) is 11.3. The van der Waals surface area contributed by atoms with Crippen LogP contribution in [0.15, 0.2) is 24.3 Å². The van der Waals surface area contributed by atoms with Crippen LogP contribution in [0.3, 0.4) is 0 Å². The van der Waals surface area contributed by atoms with Crippen molar-refractivity contribution in [2.75, 3.05) is 0 Å². The number of rotatable bonds is 2. The minimum absolute atomic E-state index is 0.0925. The van der Waals surface area contributed by atoms with Gasteiger partial charge in [-0.2, -0.15) is 0 Å². The summed E-state index contributed by atoms with van der Waals surface area (Å²) in [6.07, 6.45) is 0. The third-order valence-corrected chi connectivity index (χ3v) is 3.26. The molecule has 1 aromatic carbocycles. The fourth-order valence-corrected chi connectivity index (χ4v) is 2.56. The monoisotopic (exact) mass is 283 g/mol. The molecule has 0 spiro atoms. The molecule has 1 N–H and O–H groups in total. The Balaban J connectivity index is 2.82. The van der Waals surface area contributed by atoms with E-state index in [1.807, 2.05) is 30.5 Å². The van der Waals surface area contributed by atoms with E-state index < -0.39 is 5.97 Å². The van der Waals surface area contributed by atoms with E-state index in [0.717, 1.165) is 11.4 Å². The van der Waals surface area contributed by atoms with E-state index in [1.54, 1.807) is 6.07 Å². The lowest BCUT2D eigenvalue weighted by molar-refractivity contribution is 0.0697. The third-order valence-electron chi connectivity index (χ3n) is 2.75. The van der Waals surface area contributed by atoms with E-state index in [9.17, 15) is 9.90 Å². The summed E-state index contributed by atoms with van der Waals surface area (Å²) in [5.41, 5.74) is 2.38. The summed E-state index contributed by atoms with van der Waals surface area (Å²) >= 11 is 12.0. The maximum absolute atomic E-state index is 11.3. The summed E-state index contributed by atoms with van der Waals surface area (Å²) in [5.74, 6) is -1.05. The van der Waals surface area contributed by atoms with E-state index in [1.165, 1.54) is 6.07 Å². The number of halogens is 2. The zero-order valence-electron chi connectivity index (χ0n) is 9.87. The van der Waals surface area contributed by atoms with Gasteiger partial charge in [0.1, 0.15) is 0 Å². The first-order valence-electron chi connectivity index (χ1n) is 5.29. The molecule has 0 fully saturated rings. The number of carbonyl (C=O) groups is 1. The molecule has 0 unspecified atom stereocenters. The molecule has 3 nitrogen and oxygen atoms in total. The quantitative estimate of drug-likeness (QED) is 0.902. The lowest BCUT2D eigenvalue weighted by Crippen LogP contribution is -2.08. The van der Waals surface area contributed by atoms with Crippen molar-refractivity contribution in [3.63, 3.8) is 0 Å². The largest absolute Gasteiger partial charge is 0.478 e. The van der Waals surface area contributed by atoms with Crippen LogP contribution in [-0.4, -0.2) is 15.6 Å². The van der Waals surface area contributed by atoms with Crippen LogP contribution in [0.2, 0.25) is 10.0 Å². The molecule has 0 radical (unpaired) electrons. The van der Waals surface area contributed by atoms with Gasteiger partial charge in [0.15, 0.2) is 0 Å². The van der Waals surface area contributed by atoms with Gasteiger partial charge in [-0.05, 0) is 38.1 Å². The van der Waals surface area contributed by atoms with Gasteiger partial charge in [-0.15, -0.1) is 0 Å². The Bertz CT molecular complexity index is 613. The van der Waals surface area contributed by atoms with E-state index in [0.29, 0.717) is 15.7 Å². The lowest BCUT2D eigenvalue weighted by Gasteiger charge is -2.14. The van der Waals surface area contributed by atoms with Crippen LogP contribution >= 0.6 is 23.2 Å². The van der Waals surface area contributed by atoms with Crippen LogP contribution in [0.4, 0.5) is 0 Å². The van der Waals surface area contributed by atoms with Gasteiger partial charge >= 0.3 is 5.97 Å². The Morgan fingerprint density at radius 3 is 2.22 bits per heavy atom. The van der Waals surface area contributed by atoms with E-state index in [4.69, 9.17) is 23.2 Å². The number of aromatic nitrogens is 1. The molecule has 0 atom stereocenters. The van der Waals surface area contributed by atoms with Gasteiger partial charge in [-0.3, -0.25) is 0 Å². The van der Waals surface area contributed by atoms with Crippen molar-refractivity contribution in [1.82, 2.24) is 4.57 Å². The fraction of sp³-hybridized carbons (Fsp3) is 0.154. The highest BCUT2D eigenvalue weighted by Crippen LogP contribution is 2.31. The van der Waals surface area contributed by atoms with E-state index in [-0.39, 0.29) is 5.56 Å². The van der Waals surface area contributed by atoms with Gasteiger partial charge in [-0.1, -0.05) is 23.2 Å². The van der Waals surface area contributed by atoms with Crippen molar-refractivity contribution in [2.24, 2.45) is 0 Å². The SMILES string of the molecule is Cc1ccc(C)n1-c1c(Cl)cc(Cl)cc1C(=O)O. The highest BCUT2D eigenvalue weighted by Gasteiger charge is 2.18. The van der Waals surface area contributed by atoms with Crippen LogP contribution in [0.1, 0.15) is 21.7 Å². The number of aryl methyl sites for hydroxylation is 2. The second-order valence-corrected chi connectivity index (χ2v) is 4.88. The van der Waals surface area contributed by atoms with Gasteiger partial charge in [-0.25, -0.2) is 4.79 Å². The topological polar surface area (TPSA) is 42.2 Å². The van der Waals surface area contributed by atoms with Gasteiger partial charge in [0, 0.05) is 16.4 Å². The molecule has 1 heterocycles. The summed E-state index contributed by atoms with van der Waals surface area (Å²) in [5, 5.41) is 9.89. The predicted octanol–water partition coefficient (Wildman–Crippen LogP) is 4.10. The smallest absolute Gasteiger partial charge is 0.337 e. The Morgan fingerprint density at radius 2 is 1.72 bits per heavy atom. The number of aromatic carboxylic acids is 1. The first-order valence-corrected chi connectivity index (χ1v) is 6.05. The summed E-state index contributed by atoms with van der Waals surface area (Å²) in [7, 11) is 0. The molecule has 94 valence electrons. The minimum atomic E-state index is -1.05. The average Bonchev–Trinajstić information content (AvgIpc) is 2.58. The Hall–Kier alpha value is -1.45. The van der Waals surface area contributed by atoms with Crippen LogP contribution in [0.25, 0.3) is 5.69 Å². The molecule has 2 aromatic rings. The maximum Gasteiger partial charge on any atom is 0.337 e. The van der Waals surface area contributed by atoms with Crippen molar-refractivity contribution in [3.8, 4) is 5.69 Å². The van der Waals surface area contributed by atoms with Crippen molar-refractivity contribution in [1.29, 1.82) is 0 Å². The summed E-state index contributed by atoms with van der Waals surface area (Å²) < 4.78 is 1.81. The Morgan fingerprint density at radius 1 is 1.17 bits per heavy atom. The number of benzene rings is 1. The third kappa shape index (κ3) is 2.11. The first kappa shape index (κ1) is 13.0. The molecule has 18 heavy (non-hydrogen) atoms. The molecule has 0 aliphatic heterocycles. The van der Waals surface area contributed by atoms with Crippen LogP contribution in [0.5, 0.6) is 0 Å². The molecule has 1 aromatic heterocycles. The molecule has 0 amide bonds. The van der Waals surface area contributed by atoms with E-state index >= 15 is 0 Å². The second kappa shape index (κ2) is 4.67. The molecular weight excluding hydrogens is 273 g/mol. The molecule has 0 bridgehead atoms. The molecule has 0 saturated heterocycles. The van der Waals surface area contributed by atoms with Gasteiger partial charge in [0.25, 0.3) is 0 Å². The van der Waals surface area contributed by atoms with Gasteiger partial charge in [0.2, 0.25) is 0 Å². The maximum atomic E-state index is 11.3. The van der Waals surface area contributed by atoms with Crippen LogP contribution in [0, 0.1) is 13.8 Å². The van der Waals surface area contributed by atoms with Gasteiger partial charge < -0.3 is 9.67 Å². The Kier molecular flexibility index (Phi) is 3.37. The van der Waals surface area contributed by atoms with Gasteiger partial charge in [0.05, 0.1) is 16.3 Å². The molecule has 2 rings (SSSR count). The number of hydrogen-bond donors (Lipinski definition) is 1. The van der Waals surface area contributed by atoms with Crippen molar-refractivity contribution in [3.05, 3.63) is 51.3 Å². The minimum Gasteiger partial charge on any atom is -0.478 e. The van der Waals surface area contributed by atoms with Crippen LogP contribution in [-0.2, 0) is 0 Å². The normalized spacial score (nSPS) is 10.7. The highest BCUT2D eigenvalue weighted by atomic mass is 35.5. The zero-order valence-corrected chi connectivity index (χ0v) is 11.4. The molecule has 0 aliphatic carbocycles. The Labute approximate surface area is 115 Å². The highest BCUT2D eigenvalue weighted by molar-refractivity contribution is 6.36. The first-order chi connectivity index (χ1) is 8.41. The fourth-order valence-electron chi connectivity index (χ4n) is 1.98. The standard InChI is InChI=1S/C13H11Cl2NO2/c1-7-3-4-8(2)16(7)12-10(13(17)18)5-9(14)6-11(12)15/h3-6H,1-2H3,(H,17,18). The number of hydrogen-bond acceptors (Lipinski definition) is 1. The molecule has 5 heteroatoms. The van der Waals surface area contributed by atoms with E-state index in [2.05, 4.69) is 0 Å². The summed E-state index contributed by atoms with van der Waals surface area (Å²) in [6.45, 7) is 3.78. The van der Waals surface area contributed by atoms with Crippen molar-refractivity contribution in [2.45, 2.75) is 13.8 Å². The molecule has 0 aliphatic rings. The van der Waals surface area contributed by atoms with Crippen molar-refractivity contribution >= 4 is 29.2 Å². The predicted molar refractivity (Wildman–Crippen MR) is 72.2 cm³/mol. The average molecular weight is 284 g/mol. The molecular formula is C13H11Cl2NO2. The molecule has 0 saturated carbocycles.